The first kappa shape index (κ1) is 27.3. The molecule has 196 valence electrons. The molecule has 1 saturated heterocycles. The number of carbonyl (C=O) groups excluding carboxylic acids is 3. The van der Waals surface area contributed by atoms with Crippen LogP contribution in [0.15, 0.2) is 48.6 Å². The molecule has 0 saturated carbocycles. The highest BCUT2D eigenvalue weighted by atomic mass is 16.5. The third kappa shape index (κ3) is 6.30. The molecule has 9 nitrogen and oxygen atoms in total. The summed E-state index contributed by atoms with van der Waals surface area (Å²) in [6.07, 6.45) is 4.49. The zero-order valence-corrected chi connectivity index (χ0v) is 21.6. The minimum absolute atomic E-state index is 0.0615. The van der Waals surface area contributed by atoms with E-state index in [0.717, 1.165) is 16.9 Å². The van der Waals surface area contributed by atoms with Crippen molar-refractivity contribution in [3.8, 4) is 23.0 Å². The van der Waals surface area contributed by atoms with Crippen LogP contribution in [0.3, 0.4) is 0 Å². The fourth-order valence-corrected chi connectivity index (χ4v) is 3.86. The van der Waals surface area contributed by atoms with Crippen molar-refractivity contribution >= 4 is 23.9 Å². The van der Waals surface area contributed by atoms with Gasteiger partial charge in [-0.3, -0.25) is 19.8 Å². The monoisotopic (exact) mass is 508 g/mol. The van der Waals surface area contributed by atoms with Gasteiger partial charge in [0.25, 0.3) is 11.8 Å². The van der Waals surface area contributed by atoms with Crippen molar-refractivity contribution in [2.45, 2.75) is 33.2 Å². The van der Waals surface area contributed by atoms with Crippen LogP contribution in [0.25, 0.3) is 6.08 Å². The molecule has 1 aliphatic rings. The summed E-state index contributed by atoms with van der Waals surface area (Å²) in [5.41, 5.74) is 1.79. The van der Waals surface area contributed by atoms with Crippen LogP contribution in [0.1, 0.15) is 37.0 Å². The predicted octanol–water partition coefficient (Wildman–Crippen LogP) is 4.28. The number of methoxy groups -OCH3 is 2. The lowest BCUT2D eigenvalue weighted by Crippen LogP contribution is -2.53. The number of imide groups is 2. The summed E-state index contributed by atoms with van der Waals surface area (Å²) in [4.78, 5) is 39.5. The van der Waals surface area contributed by atoms with E-state index in [1.807, 2.05) is 13.8 Å². The topological polar surface area (TPSA) is 103 Å². The Morgan fingerprint density at radius 1 is 0.973 bits per heavy atom. The molecule has 0 aliphatic carbocycles. The van der Waals surface area contributed by atoms with Crippen LogP contribution in [0, 0.1) is 0 Å². The van der Waals surface area contributed by atoms with Gasteiger partial charge in [-0.05, 0) is 61.2 Å². The molecule has 2 aromatic carbocycles. The van der Waals surface area contributed by atoms with E-state index in [-0.39, 0.29) is 12.1 Å². The first-order valence-corrected chi connectivity index (χ1v) is 12.0. The average molecular weight is 509 g/mol. The molecule has 3 rings (SSSR count). The van der Waals surface area contributed by atoms with Crippen molar-refractivity contribution in [1.82, 2.24) is 10.2 Å². The van der Waals surface area contributed by atoms with Crippen LogP contribution in [0.4, 0.5) is 4.79 Å². The highest BCUT2D eigenvalue weighted by Gasteiger charge is 2.36. The van der Waals surface area contributed by atoms with Crippen LogP contribution in [0.2, 0.25) is 0 Å². The Bertz CT molecular complexity index is 1220. The molecule has 37 heavy (non-hydrogen) atoms. The number of urea groups is 1. The first-order valence-electron chi connectivity index (χ1n) is 12.0. The number of hydrogen-bond donors (Lipinski definition) is 1. The fourth-order valence-electron chi connectivity index (χ4n) is 3.86. The van der Waals surface area contributed by atoms with Crippen molar-refractivity contribution < 1.29 is 33.3 Å². The van der Waals surface area contributed by atoms with Gasteiger partial charge in [-0.25, -0.2) is 4.79 Å². The van der Waals surface area contributed by atoms with Gasteiger partial charge in [0.1, 0.15) is 5.57 Å². The van der Waals surface area contributed by atoms with Crippen molar-refractivity contribution in [2.24, 2.45) is 0 Å². The first-order chi connectivity index (χ1) is 17.9. The number of nitrogens with one attached hydrogen (secondary N) is 1. The molecule has 9 heteroatoms. The normalized spacial score (nSPS) is 14.4. The number of hydrogen-bond acceptors (Lipinski definition) is 7. The molecule has 0 bridgehead atoms. The Morgan fingerprint density at radius 3 is 2.38 bits per heavy atom. The predicted molar refractivity (Wildman–Crippen MR) is 139 cm³/mol. The molecular formula is C28H32N2O7. The van der Waals surface area contributed by atoms with E-state index in [1.54, 1.807) is 36.4 Å². The standard InChI is InChI=1S/C28H32N2O7/c1-6-9-20-13-19(16-24(35-5)25(20)36-8-3)14-21-26(31)29-28(33)30(27(21)32)17-18-10-11-22(37-12-7-2)23(15-18)34-4/h6,10-11,13-16H,1,7-9,12,17H2,2-5H3,(H,29,31,33)/b21-14+. The molecule has 1 aliphatic heterocycles. The number of rotatable bonds is 12. The van der Waals surface area contributed by atoms with Gasteiger partial charge in [0.2, 0.25) is 0 Å². The molecule has 1 fully saturated rings. The second kappa shape index (κ2) is 12.6. The number of ether oxygens (including phenoxy) is 4. The van der Waals surface area contributed by atoms with Gasteiger partial charge in [0.05, 0.1) is 34.0 Å². The molecule has 0 unspecified atom stereocenters. The van der Waals surface area contributed by atoms with Crippen LogP contribution in [-0.2, 0) is 22.6 Å². The largest absolute Gasteiger partial charge is 0.493 e. The molecule has 0 atom stereocenters. The maximum absolute atomic E-state index is 13.3. The lowest BCUT2D eigenvalue weighted by atomic mass is 10.0. The summed E-state index contributed by atoms with van der Waals surface area (Å²) >= 11 is 0. The van der Waals surface area contributed by atoms with Crippen molar-refractivity contribution in [1.29, 1.82) is 0 Å². The van der Waals surface area contributed by atoms with Crippen LogP contribution >= 0.6 is 0 Å². The number of carbonyl (C=O) groups is 3. The second-order valence-electron chi connectivity index (χ2n) is 8.18. The van der Waals surface area contributed by atoms with Gasteiger partial charge in [0, 0.05) is 5.56 Å². The molecule has 0 aromatic heterocycles. The van der Waals surface area contributed by atoms with Gasteiger partial charge in [-0.1, -0.05) is 19.1 Å². The maximum atomic E-state index is 13.3. The van der Waals surface area contributed by atoms with E-state index in [0.29, 0.717) is 53.8 Å². The zero-order chi connectivity index (χ0) is 26.9. The third-order valence-corrected chi connectivity index (χ3v) is 5.55. The van der Waals surface area contributed by atoms with Crippen LogP contribution in [0.5, 0.6) is 23.0 Å². The molecule has 2 aromatic rings. The molecule has 0 radical (unpaired) electrons. The fraction of sp³-hybridized carbons (Fsp3) is 0.321. The summed E-state index contributed by atoms with van der Waals surface area (Å²) in [5, 5.41) is 2.25. The van der Waals surface area contributed by atoms with E-state index in [4.69, 9.17) is 18.9 Å². The number of nitrogens with zero attached hydrogens (tertiary/aromatic N) is 1. The van der Waals surface area contributed by atoms with E-state index in [2.05, 4.69) is 11.9 Å². The second-order valence-corrected chi connectivity index (χ2v) is 8.18. The minimum atomic E-state index is -0.797. The lowest BCUT2D eigenvalue weighted by Gasteiger charge is -2.26. The molecular weight excluding hydrogens is 476 g/mol. The summed E-state index contributed by atoms with van der Waals surface area (Å²) in [7, 11) is 3.03. The Labute approximate surface area is 216 Å². The summed E-state index contributed by atoms with van der Waals surface area (Å²) in [6, 6.07) is 7.84. The van der Waals surface area contributed by atoms with Gasteiger partial charge in [-0.15, -0.1) is 6.58 Å². The highest BCUT2D eigenvalue weighted by Crippen LogP contribution is 2.35. The molecule has 1 N–H and O–H groups in total. The molecule has 1 heterocycles. The van der Waals surface area contributed by atoms with E-state index in [9.17, 15) is 14.4 Å². The van der Waals surface area contributed by atoms with Crippen molar-refractivity contribution in [2.75, 3.05) is 27.4 Å². The zero-order valence-electron chi connectivity index (χ0n) is 21.6. The SMILES string of the molecule is C=CCc1cc(/C=C2\C(=O)NC(=O)N(Cc3ccc(OCCC)c(OC)c3)C2=O)cc(OC)c1OCC. The quantitative estimate of drug-likeness (QED) is 0.259. The number of amides is 4. The summed E-state index contributed by atoms with van der Waals surface area (Å²) in [5.74, 6) is 0.602. The van der Waals surface area contributed by atoms with Crippen LogP contribution < -0.4 is 24.3 Å². The van der Waals surface area contributed by atoms with Gasteiger partial charge < -0.3 is 18.9 Å². The Hall–Kier alpha value is -4.27. The summed E-state index contributed by atoms with van der Waals surface area (Å²) in [6.45, 7) is 8.56. The van der Waals surface area contributed by atoms with E-state index < -0.39 is 17.8 Å². The molecule has 4 amide bonds. The molecule has 0 spiro atoms. The smallest absolute Gasteiger partial charge is 0.331 e. The van der Waals surface area contributed by atoms with Crippen LogP contribution in [-0.4, -0.2) is 50.2 Å². The maximum Gasteiger partial charge on any atom is 0.331 e. The Balaban J connectivity index is 1.94. The Kier molecular flexibility index (Phi) is 9.32. The number of barbiturate groups is 1. The number of allylic oxidation sites excluding steroid dienone is 1. The third-order valence-electron chi connectivity index (χ3n) is 5.55. The van der Waals surface area contributed by atoms with Gasteiger partial charge in [0.15, 0.2) is 23.0 Å². The van der Waals surface area contributed by atoms with Gasteiger partial charge in [-0.2, -0.15) is 0 Å². The summed E-state index contributed by atoms with van der Waals surface area (Å²) < 4.78 is 22.3. The van der Waals surface area contributed by atoms with Crippen molar-refractivity contribution in [3.05, 3.63) is 65.3 Å². The average Bonchev–Trinajstić information content (AvgIpc) is 2.89. The minimum Gasteiger partial charge on any atom is -0.493 e. The van der Waals surface area contributed by atoms with E-state index >= 15 is 0 Å². The number of benzene rings is 2. The highest BCUT2D eigenvalue weighted by molar-refractivity contribution is 6.31. The van der Waals surface area contributed by atoms with Gasteiger partial charge >= 0.3 is 6.03 Å². The lowest BCUT2D eigenvalue weighted by molar-refractivity contribution is -0.130. The Morgan fingerprint density at radius 2 is 1.73 bits per heavy atom. The van der Waals surface area contributed by atoms with Crippen molar-refractivity contribution in [3.63, 3.8) is 0 Å². The van der Waals surface area contributed by atoms with E-state index in [1.165, 1.54) is 20.3 Å².